The Morgan fingerprint density at radius 3 is 2.50 bits per heavy atom. The van der Waals surface area contributed by atoms with Gasteiger partial charge < -0.3 is 5.11 Å². The number of rotatable bonds is 1. The van der Waals surface area contributed by atoms with Gasteiger partial charge in [0.05, 0.1) is 16.7 Å². The van der Waals surface area contributed by atoms with Gasteiger partial charge in [0.2, 0.25) is 0 Å². The Bertz CT molecular complexity index is 530. The summed E-state index contributed by atoms with van der Waals surface area (Å²) < 4.78 is 0. The largest absolute Gasteiger partial charge is 0.385 e. The van der Waals surface area contributed by atoms with E-state index < -0.39 is 5.60 Å². The zero-order chi connectivity index (χ0) is 12.8. The van der Waals surface area contributed by atoms with Crippen LogP contribution < -0.4 is 5.32 Å². The van der Waals surface area contributed by atoms with Crippen molar-refractivity contribution in [3.05, 3.63) is 34.9 Å². The summed E-state index contributed by atoms with van der Waals surface area (Å²) in [6, 6.07) is 5.13. The van der Waals surface area contributed by atoms with Crippen LogP contribution in [0.2, 0.25) is 0 Å². The third-order valence-electron chi connectivity index (χ3n) is 3.95. The highest BCUT2D eigenvalue weighted by Gasteiger charge is 2.39. The summed E-state index contributed by atoms with van der Waals surface area (Å²) in [4.78, 5) is 23.4. The standard InChI is InChI=1S/C14H15NO3/c16-12-9-5-4-6-10(11(9)13(17)15-12)14(18)7-2-1-3-8-14/h4-6,18H,1-3,7-8H2,(H,15,16,17). The van der Waals surface area contributed by atoms with Crippen LogP contribution in [0.4, 0.5) is 0 Å². The van der Waals surface area contributed by atoms with Crippen LogP contribution in [0.3, 0.4) is 0 Å². The molecule has 0 radical (unpaired) electrons. The Balaban J connectivity index is 2.14. The lowest BCUT2D eigenvalue weighted by Gasteiger charge is -2.33. The van der Waals surface area contributed by atoms with E-state index in [0.29, 0.717) is 29.5 Å². The molecule has 1 aromatic rings. The first-order chi connectivity index (χ1) is 8.62. The molecule has 1 aliphatic heterocycles. The molecule has 2 N–H and O–H groups in total. The molecular weight excluding hydrogens is 230 g/mol. The van der Waals surface area contributed by atoms with Crippen LogP contribution in [-0.4, -0.2) is 16.9 Å². The van der Waals surface area contributed by atoms with E-state index in [1.54, 1.807) is 18.2 Å². The number of carbonyl (C=O) groups is 2. The van der Waals surface area contributed by atoms with Crippen molar-refractivity contribution in [2.24, 2.45) is 0 Å². The van der Waals surface area contributed by atoms with E-state index in [0.717, 1.165) is 19.3 Å². The molecule has 2 amide bonds. The fraction of sp³-hybridized carbons (Fsp3) is 0.429. The van der Waals surface area contributed by atoms with Gasteiger partial charge in [-0.1, -0.05) is 31.4 Å². The Labute approximate surface area is 105 Å². The van der Waals surface area contributed by atoms with Crippen LogP contribution in [0.5, 0.6) is 0 Å². The molecule has 1 aliphatic carbocycles. The lowest BCUT2D eigenvalue weighted by Crippen LogP contribution is -2.31. The van der Waals surface area contributed by atoms with E-state index in [9.17, 15) is 14.7 Å². The Kier molecular flexibility index (Phi) is 2.48. The molecule has 0 aromatic heterocycles. The molecule has 0 saturated heterocycles. The zero-order valence-corrected chi connectivity index (χ0v) is 10.0. The molecule has 94 valence electrons. The molecule has 0 spiro atoms. The second-order valence-corrected chi connectivity index (χ2v) is 5.10. The summed E-state index contributed by atoms with van der Waals surface area (Å²) in [5.74, 6) is -0.749. The fourth-order valence-corrected chi connectivity index (χ4v) is 3.01. The number of imide groups is 1. The second-order valence-electron chi connectivity index (χ2n) is 5.10. The van der Waals surface area contributed by atoms with Crippen molar-refractivity contribution in [2.45, 2.75) is 37.7 Å². The Morgan fingerprint density at radius 2 is 1.78 bits per heavy atom. The molecule has 2 aliphatic rings. The number of amides is 2. The minimum absolute atomic E-state index is 0.365. The van der Waals surface area contributed by atoms with Gasteiger partial charge in [-0.05, 0) is 24.5 Å². The molecule has 4 heteroatoms. The van der Waals surface area contributed by atoms with Gasteiger partial charge in [0.25, 0.3) is 11.8 Å². The van der Waals surface area contributed by atoms with E-state index in [4.69, 9.17) is 0 Å². The van der Waals surface area contributed by atoms with E-state index >= 15 is 0 Å². The zero-order valence-electron chi connectivity index (χ0n) is 10.0. The lowest BCUT2D eigenvalue weighted by molar-refractivity contribution is -0.00131. The average Bonchev–Trinajstić information content (AvgIpc) is 2.66. The maximum atomic E-state index is 11.8. The molecule has 3 rings (SSSR count). The third kappa shape index (κ3) is 1.56. The summed E-state index contributed by atoms with van der Waals surface area (Å²) in [6.07, 6.45) is 4.34. The minimum atomic E-state index is -0.953. The number of hydrogen-bond acceptors (Lipinski definition) is 3. The highest BCUT2D eigenvalue weighted by molar-refractivity contribution is 6.22. The molecule has 4 nitrogen and oxygen atoms in total. The van der Waals surface area contributed by atoms with Crippen molar-refractivity contribution in [1.82, 2.24) is 5.32 Å². The average molecular weight is 245 g/mol. The van der Waals surface area contributed by atoms with Crippen LogP contribution in [0.1, 0.15) is 58.4 Å². The lowest BCUT2D eigenvalue weighted by atomic mass is 9.77. The van der Waals surface area contributed by atoms with E-state index in [2.05, 4.69) is 5.32 Å². The predicted octanol–water partition coefficient (Wildman–Crippen LogP) is 1.72. The molecular formula is C14H15NO3. The SMILES string of the molecule is O=C1NC(=O)c2c1cccc2C1(O)CCCCC1. The highest BCUT2D eigenvalue weighted by Crippen LogP contribution is 2.40. The van der Waals surface area contributed by atoms with E-state index in [1.807, 2.05) is 0 Å². The molecule has 0 atom stereocenters. The topological polar surface area (TPSA) is 66.4 Å². The third-order valence-corrected chi connectivity index (χ3v) is 3.95. The van der Waals surface area contributed by atoms with Gasteiger partial charge in [0.1, 0.15) is 0 Å². The van der Waals surface area contributed by atoms with Gasteiger partial charge in [-0.2, -0.15) is 0 Å². The predicted molar refractivity (Wildman–Crippen MR) is 65.2 cm³/mol. The molecule has 1 fully saturated rings. The number of nitrogens with one attached hydrogen (secondary N) is 1. The first-order valence-electron chi connectivity index (χ1n) is 6.33. The van der Waals surface area contributed by atoms with Crippen LogP contribution in [0.15, 0.2) is 18.2 Å². The molecule has 18 heavy (non-hydrogen) atoms. The fourth-order valence-electron chi connectivity index (χ4n) is 3.01. The quantitative estimate of drug-likeness (QED) is 0.740. The van der Waals surface area contributed by atoms with E-state index in [-0.39, 0.29) is 11.8 Å². The highest BCUT2D eigenvalue weighted by atomic mass is 16.3. The van der Waals surface area contributed by atoms with Crippen molar-refractivity contribution in [3.63, 3.8) is 0 Å². The molecule has 1 saturated carbocycles. The normalized spacial score (nSPS) is 21.6. The van der Waals surface area contributed by atoms with Crippen molar-refractivity contribution in [1.29, 1.82) is 0 Å². The van der Waals surface area contributed by atoms with Gasteiger partial charge in [-0.3, -0.25) is 14.9 Å². The molecule has 0 bridgehead atoms. The summed E-state index contributed by atoms with van der Waals surface area (Å²) in [5, 5.41) is 13.0. The van der Waals surface area contributed by atoms with Gasteiger partial charge in [0, 0.05) is 0 Å². The minimum Gasteiger partial charge on any atom is -0.385 e. The number of hydrogen-bond donors (Lipinski definition) is 2. The van der Waals surface area contributed by atoms with Gasteiger partial charge in [-0.15, -0.1) is 0 Å². The van der Waals surface area contributed by atoms with Crippen LogP contribution in [-0.2, 0) is 5.60 Å². The Hall–Kier alpha value is -1.68. The van der Waals surface area contributed by atoms with Crippen LogP contribution in [0.25, 0.3) is 0 Å². The maximum Gasteiger partial charge on any atom is 0.259 e. The summed E-state index contributed by atoms with van der Waals surface area (Å²) >= 11 is 0. The first-order valence-corrected chi connectivity index (χ1v) is 6.33. The Morgan fingerprint density at radius 1 is 1.06 bits per heavy atom. The van der Waals surface area contributed by atoms with Crippen LogP contribution in [0, 0.1) is 0 Å². The number of benzene rings is 1. The van der Waals surface area contributed by atoms with Crippen molar-refractivity contribution >= 4 is 11.8 Å². The van der Waals surface area contributed by atoms with Crippen LogP contribution >= 0.6 is 0 Å². The van der Waals surface area contributed by atoms with Crippen molar-refractivity contribution < 1.29 is 14.7 Å². The first kappa shape index (κ1) is 11.4. The molecule has 1 heterocycles. The van der Waals surface area contributed by atoms with Gasteiger partial charge in [-0.25, -0.2) is 0 Å². The molecule has 1 aromatic carbocycles. The van der Waals surface area contributed by atoms with Gasteiger partial charge in [0.15, 0.2) is 0 Å². The number of fused-ring (bicyclic) bond motifs is 1. The van der Waals surface area contributed by atoms with Crippen molar-refractivity contribution in [3.8, 4) is 0 Å². The monoisotopic (exact) mass is 245 g/mol. The molecule has 0 unspecified atom stereocenters. The smallest absolute Gasteiger partial charge is 0.259 e. The second kappa shape index (κ2) is 3.92. The number of aliphatic hydroxyl groups is 1. The van der Waals surface area contributed by atoms with E-state index in [1.165, 1.54) is 0 Å². The summed E-state index contributed by atoms with van der Waals surface area (Å²) in [5.41, 5.74) is 0.414. The number of carbonyl (C=O) groups excluding carboxylic acids is 2. The van der Waals surface area contributed by atoms with Crippen molar-refractivity contribution in [2.75, 3.05) is 0 Å². The summed E-state index contributed by atoms with van der Waals surface area (Å²) in [7, 11) is 0. The summed E-state index contributed by atoms with van der Waals surface area (Å²) in [6.45, 7) is 0. The maximum absolute atomic E-state index is 11.8. The van der Waals surface area contributed by atoms with Gasteiger partial charge >= 0.3 is 0 Å².